The second-order valence-corrected chi connectivity index (χ2v) is 6.07. The summed E-state index contributed by atoms with van der Waals surface area (Å²) in [6, 6.07) is 5.92. The zero-order valence-corrected chi connectivity index (χ0v) is 14.7. The third-order valence-electron chi connectivity index (χ3n) is 4.13. The van der Waals surface area contributed by atoms with E-state index in [1.807, 2.05) is 24.8 Å². The number of hydrogen-bond donors (Lipinski definition) is 1. The first-order valence-electron chi connectivity index (χ1n) is 8.50. The second kappa shape index (κ2) is 7.35. The number of rotatable bonds is 4. The minimum atomic E-state index is -4.43. The van der Waals surface area contributed by atoms with E-state index in [0.29, 0.717) is 37.9 Å². The van der Waals surface area contributed by atoms with Gasteiger partial charge in [-0.05, 0) is 26.0 Å². The first kappa shape index (κ1) is 18.2. The largest absolute Gasteiger partial charge is 0.433 e. The van der Waals surface area contributed by atoms with Crippen LogP contribution in [0.25, 0.3) is 0 Å². The lowest BCUT2D eigenvalue weighted by Gasteiger charge is -2.36. The lowest BCUT2D eigenvalue weighted by Crippen LogP contribution is -2.47. The van der Waals surface area contributed by atoms with Gasteiger partial charge in [0.05, 0.1) is 0 Å². The molecule has 0 bridgehead atoms. The van der Waals surface area contributed by atoms with Crippen LogP contribution in [0.15, 0.2) is 24.3 Å². The van der Waals surface area contributed by atoms with Crippen LogP contribution in [0.5, 0.6) is 0 Å². The van der Waals surface area contributed by atoms with Gasteiger partial charge in [0.25, 0.3) is 0 Å². The zero-order chi connectivity index (χ0) is 18.7. The fraction of sp³-hybridized carbons (Fsp3) is 0.471. The van der Waals surface area contributed by atoms with E-state index in [1.165, 1.54) is 6.07 Å². The highest BCUT2D eigenvalue weighted by Crippen LogP contribution is 2.29. The fourth-order valence-corrected chi connectivity index (χ4v) is 2.87. The van der Waals surface area contributed by atoms with E-state index < -0.39 is 11.9 Å². The lowest BCUT2D eigenvalue weighted by atomic mass is 10.2. The average molecular weight is 366 g/mol. The number of aromatic nitrogens is 3. The predicted molar refractivity (Wildman–Crippen MR) is 94.6 cm³/mol. The molecule has 3 heterocycles. The molecular weight excluding hydrogens is 345 g/mol. The van der Waals surface area contributed by atoms with Crippen LogP contribution in [0.1, 0.15) is 18.3 Å². The Balaban J connectivity index is 1.70. The topological polar surface area (TPSA) is 57.2 Å². The number of halogens is 3. The molecule has 0 aromatic carbocycles. The summed E-state index contributed by atoms with van der Waals surface area (Å²) in [6.07, 6.45) is -4.43. The van der Waals surface area contributed by atoms with Crippen molar-refractivity contribution in [1.82, 2.24) is 15.0 Å². The molecule has 0 spiro atoms. The number of piperazine rings is 1. The number of hydrogen-bond acceptors (Lipinski definition) is 6. The Kier molecular flexibility index (Phi) is 5.15. The lowest BCUT2D eigenvalue weighted by molar-refractivity contribution is -0.141. The molecule has 0 unspecified atom stereocenters. The molecule has 3 rings (SSSR count). The summed E-state index contributed by atoms with van der Waals surface area (Å²) in [4.78, 5) is 16.6. The van der Waals surface area contributed by atoms with E-state index in [1.54, 1.807) is 6.07 Å². The minimum Gasteiger partial charge on any atom is -0.354 e. The van der Waals surface area contributed by atoms with Crippen LogP contribution in [-0.4, -0.2) is 47.7 Å². The quantitative estimate of drug-likeness (QED) is 0.898. The molecule has 0 atom stereocenters. The van der Waals surface area contributed by atoms with Crippen LogP contribution >= 0.6 is 0 Å². The van der Waals surface area contributed by atoms with Gasteiger partial charge in [0.2, 0.25) is 5.95 Å². The van der Waals surface area contributed by atoms with E-state index in [4.69, 9.17) is 0 Å². The van der Waals surface area contributed by atoms with Crippen molar-refractivity contribution >= 4 is 17.6 Å². The van der Waals surface area contributed by atoms with Gasteiger partial charge in [-0.1, -0.05) is 6.07 Å². The third kappa shape index (κ3) is 4.14. The van der Waals surface area contributed by atoms with E-state index >= 15 is 0 Å². The SMILES string of the molecule is CCNc1nc(C)cc(N2CCN(c3cccc(C(F)(F)F)n3)CC2)n1. The van der Waals surface area contributed by atoms with Crippen LogP contribution < -0.4 is 15.1 Å². The van der Waals surface area contributed by atoms with Crippen LogP contribution in [0.4, 0.5) is 30.8 Å². The van der Waals surface area contributed by atoms with Crippen molar-refractivity contribution in [2.24, 2.45) is 0 Å². The van der Waals surface area contributed by atoms with Crippen molar-refractivity contribution in [3.05, 3.63) is 35.7 Å². The molecule has 1 aliphatic rings. The summed E-state index contributed by atoms with van der Waals surface area (Å²) in [5, 5.41) is 3.11. The summed E-state index contributed by atoms with van der Waals surface area (Å²) in [5.74, 6) is 1.77. The van der Waals surface area contributed by atoms with Crippen LogP contribution in [0.3, 0.4) is 0 Å². The fourth-order valence-electron chi connectivity index (χ4n) is 2.87. The van der Waals surface area contributed by atoms with Crippen molar-refractivity contribution in [2.45, 2.75) is 20.0 Å². The number of nitrogens with zero attached hydrogens (tertiary/aromatic N) is 5. The van der Waals surface area contributed by atoms with Crippen LogP contribution in [-0.2, 0) is 6.18 Å². The molecule has 0 saturated carbocycles. The molecule has 1 fully saturated rings. The number of aryl methyl sites for hydroxylation is 1. The average Bonchev–Trinajstić information content (AvgIpc) is 2.61. The van der Waals surface area contributed by atoms with Crippen molar-refractivity contribution in [3.63, 3.8) is 0 Å². The van der Waals surface area contributed by atoms with Gasteiger partial charge in [-0.15, -0.1) is 0 Å². The van der Waals surface area contributed by atoms with Crippen molar-refractivity contribution in [3.8, 4) is 0 Å². The Morgan fingerprint density at radius 3 is 2.27 bits per heavy atom. The Hall–Kier alpha value is -2.58. The molecule has 1 N–H and O–H groups in total. The molecule has 0 radical (unpaired) electrons. The van der Waals surface area contributed by atoms with Gasteiger partial charge in [-0.3, -0.25) is 0 Å². The molecule has 2 aromatic heterocycles. The predicted octanol–water partition coefficient (Wildman–Crippen LogP) is 2.96. The highest BCUT2D eigenvalue weighted by molar-refractivity contribution is 5.48. The second-order valence-electron chi connectivity index (χ2n) is 6.07. The normalized spacial score (nSPS) is 15.3. The molecular formula is C17H21F3N6. The first-order chi connectivity index (χ1) is 12.4. The zero-order valence-electron chi connectivity index (χ0n) is 14.7. The number of anilines is 3. The summed E-state index contributed by atoms with van der Waals surface area (Å²) >= 11 is 0. The molecule has 0 amide bonds. The van der Waals surface area contributed by atoms with Gasteiger partial charge in [0.15, 0.2) is 0 Å². The number of nitrogens with one attached hydrogen (secondary N) is 1. The van der Waals surface area contributed by atoms with E-state index in [2.05, 4.69) is 25.2 Å². The maximum atomic E-state index is 12.8. The Morgan fingerprint density at radius 2 is 1.65 bits per heavy atom. The van der Waals surface area contributed by atoms with E-state index in [9.17, 15) is 13.2 Å². The first-order valence-corrected chi connectivity index (χ1v) is 8.50. The summed E-state index contributed by atoms with van der Waals surface area (Å²) in [5.41, 5.74) is 0.00654. The van der Waals surface area contributed by atoms with Crippen molar-refractivity contribution in [2.75, 3.05) is 47.8 Å². The van der Waals surface area contributed by atoms with Gasteiger partial charge in [-0.2, -0.15) is 18.2 Å². The molecule has 140 valence electrons. The van der Waals surface area contributed by atoms with Gasteiger partial charge in [0.1, 0.15) is 17.3 Å². The molecule has 0 aliphatic carbocycles. The standard InChI is InChI=1S/C17H21F3N6/c1-3-21-16-22-12(2)11-15(24-16)26-9-7-25(8-10-26)14-6-4-5-13(23-14)17(18,19)20/h4-6,11H,3,7-10H2,1-2H3,(H,21,22,24). The smallest absolute Gasteiger partial charge is 0.354 e. The van der Waals surface area contributed by atoms with Gasteiger partial charge in [0, 0.05) is 44.5 Å². The monoisotopic (exact) mass is 366 g/mol. The summed E-state index contributed by atoms with van der Waals surface area (Å²) < 4.78 is 38.5. The number of pyridine rings is 1. The van der Waals surface area contributed by atoms with E-state index in [-0.39, 0.29) is 0 Å². The number of alkyl halides is 3. The third-order valence-corrected chi connectivity index (χ3v) is 4.13. The molecule has 26 heavy (non-hydrogen) atoms. The summed E-state index contributed by atoms with van der Waals surface area (Å²) in [6.45, 7) is 7.08. The van der Waals surface area contributed by atoms with E-state index in [0.717, 1.165) is 24.1 Å². The van der Waals surface area contributed by atoms with Gasteiger partial charge in [-0.25, -0.2) is 9.97 Å². The summed E-state index contributed by atoms with van der Waals surface area (Å²) in [7, 11) is 0. The molecule has 2 aromatic rings. The van der Waals surface area contributed by atoms with Gasteiger partial charge >= 0.3 is 6.18 Å². The highest BCUT2D eigenvalue weighted by Gasteiger charge is 2.33. The highest BCUT2D eigenvalue weighted by atomic mass is 19.4. The maximum absolute atomic E-state index is 12.8. The van der Waals surface area contributed by atoms with Crippen molar-refractivity contribution in [1.29, 1.82) is 0 Å². The molecule has 1 aliphatic heterocycles. The van der Waals surface area contributed by atoms with Crippen LogP contribution in [0.2, 0.25) is 0 Å². The van der Waals surface area contributed by atoms with Crippen molar-refractivity contribution < 1.29 is 13.2 Å². The molecule has 6 nitrogen and oxygen atoms in total. The van der Waals surface area contributed by atoms with Gasteiger partial charge < -0.3 is 15.1 Å². The Bertz CT molecular complexity index is 756. The Morgan fingerprint density at radius 1 is 1.00 bits per heavy atom. The maximum Gasteiger partial charge on any atom is 0.433 e. The molecule has 9 heteroatoms. The Labute approximate surface area is 150 Å². The van der Waals surface area contributed by atoms with Crippen LogP contribution in [0, 0.1) is 6.92 Å². The minimum absolute atomic E-state index is 0.353. The molecule has 1 saturated heterocycles.